The zero-order chi connectivity index (χ0) is 10.8. The van der Waals surface area contributed by atoms with E-state index in [4.69, 9.17) is 0 Å². The molecule has 0 saturated carbocycles. The van der Waals surface area contributed by atoms with Crippen LogP contribution >= 0.6 is 0 Å². The summed E-state index contributed by atoms with van der Waals surface area (Å²) in [6.45, 7) is 5.55. The highest BCUT2D eigenvalue weighted by atomic mass is 16.3. The van der Waals surface area contributed by atoms with Gasteiger partial charge in [0.2, 0.25) is 5.91 Å². The molecular formula is C10H16N2O2. The number of amides is 1. The predicted octanol–water partition coefficient (Wildman–Crippen LogP) is 0.478. The number of dihydropyridines is 1. The number of hydrogen-bond donors (Lipinski definition) is 2. The number of nitrogens with one attached hydrogen (secondary N) is 1. The first kappa shape index (κ1) is 10.9. The van der Waals surface area contributed by atoms with Gasteiger partial charge in [0, 0.05) is 11.6 Å². The van der Waals surface area contributed by atoms with Gasteiger partial charge in [-0.1, -0.05) is 20.8 Å². The van der Waals surface area contributed by atoms with E-state index in [1.807, 2.05) is 0 Å². The first-order chi connectivity index (χ1) is 6.33. The number of allylic oxidation sites excluding steroid dienone is 1. The van der Waals surface area contributed by atoms with Gasteiger partial charge in [-0.2, -0.15) is 0 Å². The molecule has 0 aromatic rings. The fraction of sp³-hybridized carbons (Fsp3) is 0.600. The van der Waals surface area contributed by atoms with Gasteiger partial charge in [-0.25, -0.2) is 0 Å². The molecule has 14 heavy (non-hydrogen) atoms. The van der Waals surface area contributed by atoms with Crippen molar-refractivity contribution in [2.75, 3.05) is 6.54 Å². The first-order valence-corrected chi connectivity index (χ1v) is 4.56. The van der Waals surface area contributed by atoms with Gasteiger partial charge in [-0.15, -0.1) is 0 Å². The number of aliphatic hydroxyl groups is 1. The van der Waals surface area contributed by atoms with Crippen molar-refractivity contribution in [2.24, 2.45) is 10.4 Å². The monoisotopic (exact) mass is 196 g/mol. The second-order valence-electron chi connectivity index (χ2n) is 4.48. The van der Waals surface area contributed by atoms with E-state index >= 15 is 0 Å². The van der Waals surface area contributed by atoms with E-state index in [1.165, 1.54) is 6.08 Å². The van der Waals surface area contributed by atoms with E-state index in [2.05, 4.69) is 10.3 Å². The molecule has 0 bridgehead atoms. The van der Waals surface area contributed by atoms with Crippen LogP contribution in [0.15, 0.2) is 17.1 Å². The van der Waals surface area contributed by atoms with E-state index in [0.29, 0.717) is 0 Å². The highest BCUT2D eigenvalue weighted by Gasteiger charge is 2.31. The predicted molar refractivity (Wildman–Crippen MR) is 55.0 cm³/mol. The second-order valence-corrected chi connectivity index (χ2v) is 4.48. The van der Waals surface area contributed by atoms with Gasteiger partial charge in [0.1, 0.15) is 0 Å². The standard InChI is InChI=1S/C10H16N2O2/c1-9(2,3)8(13)12-10(14)5-4-6-11-7-10/h4-6,14H,7H2,1-3H3,(H,12,13)/t10-/m0/s1. The Kier molecular flexibility index (Phi) is 2.76. The summed E-state index contributed by atoms with van der Waals surface area (Å²) in [7, 11) is 0. The minimum absolute atomic E-state index is 0.172. The average Bonchev–Trinajstić information content (AvgIpc) is 2.02. The lowest BCUT2D eigenvalue weighted by molar-refractivity contribution is -0.133. The van der Waals surface area contributed by atoms with E-state index in [9.17, 15) is 9.90 Å². The molecule has 1 heterocycles. The van der Waals surface area contributed by atoms with Crippen LogP contribution in [-0.4, -0.2) is 29.5 Å². The second kappa shape index (κ2) is 3.53. The highest BCUT2D eigenvalue weighted by molar-refractivity contribution is 5.82. The Balaban J connectivity index is 2.65. The maximum atomic E-state index is 11.6. The average molecular weight is 196 g/mol. The Morgan fingerprint density at radius 3 is 2.64 bits per heavy atom. The SMILES string of the molecule is CC(C)(C)C(=O)N[C@]1(O)C=CC=NC1. The van der Waals surface area contributed by atoms with Gasteiger partial charge < -0.3 is 10.4 Å². The Morgan fingerprint density at radius 2 is 2.21 bits per heavy atom. The summed E-state index contributed by atoms with van der Waals surface area (Å²) in [4.78, 5) is 15.5. The van der Waals surface area contributed by atoms with Crippen LogP contribution in [0.2, 0.25) is 0 Å². The Bertz CT molecular complexity index is 289. The maximum Gasteiger partial charge on any atom is 0.227 e. The first-order valence-electron chi connectivity index (χ1n) is 4.56. The molecule has 1 rings (SSSR count). The van der Waals surface area contributed by atoms with Crippen LogP contribution in [0.25, 0.3) is 0 Å². The van der Waals surface area contributed by atoms with Crippen molar-refractivity contribution in [3.63, 3.8) is 0 Å². The topological polar surface area (TPSA) is 61.7 Å². The smallest absolute Gasteiger partial charge is 0.227 e. The van der Waals surface area contributed by atoms with Gasteiger partial charge in [0.15, 0.2) is 5.72 Å². The third-order valence-electron chi connectivity index (χ3n) is 1.91. The van der Waals surface area contributed by atoms with Crippen molar-refractivity contribution in [3.05, 3.63) is 12.2 Å². The molecule has 0 spiro atoms. The molecule has 0 aromatic carbocycles. The van der Waals surface area contributed by atoms with Crippen LogP contribution in [0.5, 0.6) is 0 Å². The summed E-state index contributed by atoms with van der Waals surface area (Å²) in [6, 6.07) is 0. The Morgan fingerprint density at radius 1 is 1.57 bits per heavy atom. The summed E-state index contributed by atoms with van der Waals surface area (Å²) < 4.78 is 0. The number of carbonyl (C=O) groups excluding carboxylic acids is 1. The molecule has 0 aliphatic carbocycles. The van der Waals surface area contributed by atoms with Gasteiger partial charge in [-0.3, -0.25) is 9.79 Å². The van der Waals surface area contributed by atoms with E-state index < -0.39 is 11.1 Å². The van der Waals surface area contributed by atoms with Crippen molar-refractivity contribution < 1.29 is 9.90 Å². The van der Waals surface area contributed by atoms with E-state index in [0.717, 1.165) is 0 Å². The van der Waals surface area contributed by atoms with Crippen molar-refractivity contribution in [1.82, 2.24) is 5.32 Å². The van der Waals surface area contributed by atoms with Gasteiger partial charge in [0.05, 0.1) is 6.54 Å². The van der Waals surface area contributed by atoms with Crippen molar-refractivity contribution in [3.8, 4) is 0 Å². The zero-order valence-corrected chi connectivity index (χ0v) is 8.74. The number of nitrogens with zero attached hydrogens (tertiary/aromatic N) is 1. The van der Waals surface area contributed by atoms with Crippen molar-refractivity contribution in [2.45, 2.75) is 26.5 Å². The molecule has 4 heteroatoms. The maximum absolute atomic E-state index is 11.6. The van der Waals surface area contributed by atoms with E-state index in [1.54, 1.807) is 33.1 Å². The molecule has 0 unspecified atom stereocenters. The number of rotatable bonds is 1. The van der Waals surface area contributed by atoms with Crippen LogP contribution in [0.3, 0.4) is 0 Å². The van der Waals surface area contributed by atoms with Crippen molar-refractivity contribution >= 4 is 12.1 Å². The summed E-state index contributed by atoms with van der Waals surface area (Å²) in [5.41, 5.74) is -1.83. The summed E-state index contributed by atoms with van der Waals surface area (Å²) in [6.07, 6.45) is 4.74. The molecule has 0 radical (unpaired) electrons. The normalized spacial score (nSPS) is 26.3. The molecule has 1 aliphatic heterocycles. The fourth-order valence-corrected chi connectivity index (χ4v) is 0.973. The number of aliphatic imine (C=N–C) groups is 1. The lowest BCUT2D eigenvalue weighted by Gasteiger charge is -2.29. The minimum Gasteiger partial charge on any atom is -0.366 e. The molecule has 1 atom stereocenters. The lowest BCUT2D eigenvalue weighted by Crippen LogP contribution is -2.53. The molecular weight excluding hydrogens is 180 g/mol. The van der Waals surface area contributed by atoms with Crippen LogP contribution in [0, 0.1) is 5.41 Å². The fourth-order valence-electron chi connectivity index (χ4n) is 0.973. The molecule has 1 amide bonds. The highest BCUT2D eigenvalue weighted by Crippen LogP contribution is 2.16. The molecule has 78 valence electrons. The van der Waals surface area contributed by atoms with Gasteiger partial charge >= 0.3 is 0 Å². The quantitative estimate of drug-likeness (QED) is 0.599. The number of carbonyl (C=O) groups is 1. The largest absolute Gasteiger partial charge is 0.366 e. The minimum atomic E-state index is -1.32. The third-order valence-corrected chi connectivity index (χ3v) is 1.91. The van der Waals surface area contributed by atoms with Crippen LogP contribution in [0.1, 0.15) is 20.8 Å². The third kappa shape index (κ3) is 2.67. The molecule has 0 saturated heterocycles. The van der Waals surface area contributed by atoms with Crippen molar-refractivity contribution in [1.29, 1.82) is 0 Å². The molecule has 2 N–H and O–H groups in total. The molecule has 1 aliphatic rings. The molecule has 0 fully saturated rings. The summed E-state index contributed by atoms with van der Waals surface area (Å²) in [5.74, 6) is -0.193. The zero-order valence-electron chi connectivity index (χ0n) is 8.74. The van der Waals surface area contributed by atoms with Gasteiger partial charge in [-0.05, 0) is 12.2 Å². The Hall–Kier alpha value is -1.16. The van der Waals surface area contributed by atoms with Crippen LogP contribution in [-0.2, 0) is 4.79 Å². The van der Waals surface area contributed by atoms with Gasteiger partial charge in [0.25, 0.3) is 0 Å². The molecule has 0 aromatic heterocycles. The van der Waals surface area contributed by atoms with Crippen LogP contribution < -0.4 is 5.32 Å². The number of hydrogen-bond acceptors (Lipinski definition) is 3. The lowest BCUT2D eigenvalue weighted by atomic mass is 9.94. The summed E-state index contributed by atoms with van der Waals surface area (Å²) in [5, 5.41) is 12.4. The molecule has 4 nitrogen and oxygen atoms in total. The summed E-state index contributed by atoms with van der Waals surface area (Å²) >= 11 is 0. The Labute approximate surface area is 83.7 Å². The van der Waals surface area contributed by atoms with E-state index in [-0.39, 0.29) is 12.5 Å². The van der Waals surface area contributed by atoms with Crippen LogP contribution in [0.4, 0.5) is 0 Å².